The molecule has 4 nitrogen and oxygen atoms in total. The van der Waals surface area contributed by atoms with E-state index in [-0.39, 0.29) is 17.6 Å². The van der Waals surface area contributed by atoms with E-state index in [0.29, 0.717) is 17.1 Å². The lowest BCUT2D eigenvalue weighted by atomic mass is 10.0. The lowest BCUT2D eigenvalue weighted by Gasteiger charge is -2.13. The van der Waals surface area contributed by atoms with Gasteiger partial charge in [-0.15, -0.1) is 0 Å². The Kier molecular flexibility index (Phi) is 3.57. The molecule has 0 aromatic heterocycles. The van der Waals surface area contributed by atoms with Gasteiger partial charge in [0.1, 0.15) is 0 Å². The summed E-state index contributed by atoms with van der Waals surface area (Å²) in [5.74, 6) is 0.895. The standard InChI is InChI=1S/C12H13BrO4/c1-3-9(13)7-4-10-11(17-6-16-10)5-8(7)12(14)15-2/h4-5,9H,3,6H2,1-2H3. The van der Waals surface area contributed by atoms with Crippen molar-refractivity contribution in [3.8, 4) is 11.5 Å². The fourth-order valence-electron chi connectivity index (χ4n) is 1.72. The smallest absolute Gasteiger partial charge is 0.338 e. The molecule has 1 aliphatic heterocycles. The van der Waals surface area contributed by atoms with Gasteiger partial charge in [-0.1, -0.05) is 22.9 Å². The molecule has 1 heterocycles. The fraction of sp³-hybridized carbons (Fsp3) is 0.417. The molecule has 1 aromatic carbocycles. The van der Waals surface area contributed by atoms with Gasteiger partial charge in [0.25, 0.3) is 0 Å². The molecule has 1 aliphatic rings. The Morgan fingerprint density at radius 1 is 1.47 bits per heavy atom. The summed E-state index contributed by atoms with van der Waals surface area (Å²) in [4.78, 5) is 11.8. The summed E-state index contributed by atoms with van der Waals surface area (Å²) in [7, 11) is 1.37. The van der Waals surface area contributed by atoms with Crippen LogP contribution in [0.15, 0.2) is 12.1 Å². The van der Waals surface area contributed by atoms with Gasteiger partial charge in [-0.25, -0.2) is 4.79 Å². The van der Waals surface area contributed by atoms with Crippen molar-refractivity contribution >= 4 is 21.9 Å². The molecule has 0 bridgehead atoms. The average Bonchev–Trinajstić information content (AvgIpc) is 2.82. The number of benzene rings is 1. The molecule has 17 heavy (non-hydrogen) atoms. The molecule has 1 aromatic rings. The first-order chi connectivity index (χ1) is 8.17. The van der Waals surface area contributed by atoms with Crippen molar-refractivity contribution < 1.29 is 19.0 Å². The number of rotatable bonds is 3. The lowest BCUT2D eigenvalue weighted by molar-refractivity contribution is 0.0599. The van der Waals surface area contributed by atoms with Gasteiger partial charge < -0.3 is 14.2 Å². The van der Waals surface area contributed by atoms with Gasteiger partial charge in [-0.3, -0.25) is 0 Å². The van der Waals surface area contributed by atoms with E-state index in [4.69, 9.17) is 14.2 Å². The third kappa shape index (κ3) is 2.24. The predicted octanol–water partition coefficient (Wildman–Crippen LogP) is 3.05. The summed E-state index contributed by atoms with van der Waals surface area (Å²) in [5.41, 5.74) is 1.38. The number of carbonyl (C=O) groups excluding carboxylic acids is 1. The van der Waals surface area contributed by atoms with Crippen molar-refractivity contribution in [1.29, 1.82) is 0 Å². The summed E-state index contributed by atoms with van der Waals surface area (Å²) in [5, 5.41) is 0. The van der Waals surface area contributed by atoms with Crippen LogP contribution in [0.5, 0.6) is 11.5 Å². The van der Waals surface area contributed by atoms with Gasteiger partial charge in [0, 0.05) is 4.83 Å². The Labute approximate surface area is 108 Å². The van der Waals surface area contributed by atoms with Crippen molar-refractivity contribution in [2.75, 3.05) is 13.9 Å². The van der Waals surface area contributed by atoms with E-state index in [1.54, 1.807) is 6.07 Å². The Bertz CT molecular complexity index is 444. The second-order valence-electron chi connectivity index (χ2n) is 3.66. The van der Waals surface area contributed by atoms with Crippen LogP contribution in [0.4, 0.5) is 0 Å². The second kappa shape index (κ2) is 4.96. The van der Waals surface area contributed by atoms with E-state index in [1.165, 1.54) is 7.11 Å². The number of carbonyl (C=O) groups is 1. The van der Waals surface area contributed by atoms with Crippen LogP contribution in [0, 0.1) is 0 Å². The summed E-state index contributed by atoms with van der Waals surface area (Å²) >= 11 is 3.54. The topological polar surface area (TPSA) is 44.8 Å². The molecule has 1 unspecified atom stereocenters. The van der Waals surface area contributed by atoms with Gasteiger partial charge >= 0.3 is 5.97 Å². The van der Waals surface area contributed by atoms with Gasteiger partial charge in [0.05, 0.1) is 12.7 Å². The van der Waals surface area contributed by atoms with Crippen LogP contribution in [0.3, 0.4) is 0 Å². The molecule has 0 aliphatic carbocycles. The Morgan fingerprint density at radius 2 is 2.12 bits per heavy atom. The average molecular weight is 301 g/mol. The van der Waals surface area contributed by atoms with Crippen molar-refractivity contribution in [3.63, 3.8) is 0 Å². The fourth-order valence-corrected chi connectivity index (χ4v) is 2.10. The maximum Gasteiger partial charge on any atom is 0.338 e. The zero-order valence-electron chi connectivity index (χ0n) is 9.66. The van der Waals surface area contributed by atoms with Gasteiger partial charge in [-0.05, 0) is 24.1 Å². The molecule has 0 spiro atoms. The molecular formula is C12H13BrO4. The molecule has 0 N–H and O–H groups in total. The van der Waals surface area contributed by atoms with Crippen LogP contribution < -0.4 is 9.47 Å². The van der Waals surface area contributed by atoms with Crippen molar-refractivity contribution in [1.82, 2.24) is 0 Å². The highest BCUT2D eigenvalue weighted by Crippen LogP contribution is 2.40. The molecule has 1 atom stereocenters. The summed E-state index contributed by atoms with van der Waals surface area (Å²) in [6, 6.07) is 3.50. The van der Waals surface area contributed by atoms with Crippen LogP contribution in [-0.4, -0.2) is 19.9 Å². The first-order valence-corrected chi connectivity index (χ1v) is 6.24. The monoisotopic (exact) mass is 300 g/mol. The first-order valence-electron chi connectivity index (χ1n) is 5.33. The van der Waals surface area contributed by atoms with Crippen molar-refractivity contribution in [2.24, 2.45) is 0 Å². The molecule has 0 amide bonds. The zero-order chi connectivity index (χ0) is 12.4. The SMILES string of the molecule is CCC(Br)c1cc2c(cc1C(=O)OC)OCO2. The maximum atomic E-state index is 11.7. The number of fused-ring (bicyclic) bond motifs is 1. The van der Waals surface area contributed by atoms with E-state index < -0.39 is 0 Å². The van der Waals surface area contributed by atoms with Gasteiger partial charge in [-0.2, -0.15) is 0 Å². The molecular weight excluding hydrogens is 288 g/mol. The summed E-state index contributed by atoms with van der Waals surface area (Å²) in [6.45, 7) is 2.23. The molecule has 92 valence electrons. The van der Waals surface area contributed by atoms with E-state index in [1.807, 2.05) is 13.0 Å². The first kappa shape index (κ1) is 12.2. The third-order valence-corrected chi connectivity index (χ3v) is 3.79. The van der Waals surface area contributed by atoms with E-state index in [0.717, 1.165) is 12.0 Å². The zero-order valence-corrected chi connectivity index (χ0v) is 11.2. The highest BCUT2D eigenvalue weighted by molar-refractivity contribution is 9.09. The number of methoxy groups -OCH3 is 1. The van der Waals surface area contributed by atoms with Crippen molar-refractivity contribution in [2.45, 2.75) is 18.2 Å². The van der Waals surface area contributed by atoms with Gasteiger partial charge in [0.2, 0.25) is 6.79 Å². The van der Waals surface area contributed by atoms with Crippen LogP contribution in [0.2, 0.25) is 0 Å². The summed E-state index contributed by atoms with van der Waals surface area (Å²) in [6.07, 6.45) is 0.865. The van der Waals surface area contributed by atoms with Gasteiger partial charge in [0.15, 0.2) is 11.5 Å². The molecule has 0 radical (unpaired) electrons. The van der Waals surface area contributed by atoms with E-state index >= 15 is 0 Å². The van der Waals surface area contributed by atoms with Crippen LogP contribution in [0.1, 0.15) is 34.1 Å². The van der Waals surface area contributed by atoms with Crippen LogP contribution >= 0.6 is 15.9 Å². The molecule has 2 rings (SSSR count). The number of ether oxygens (including phenoxy) is 3. The summed E-state index contributed by atoms with van der Waals surface area (Å²) < 4.78 is 15.3. The Balaban J connectivity index is 2.50. The predicted molar refractivity (Wildman–Crippen MR) is 65.9 cm³/mol. The second-order valence-corrected chi connectivity index (χ2v) is 4.77. The van der Waals surface area contributed by atoms with Crippen molar-refractivity contribution in [3.05, 3.63) is 23.3 Å². The van der Waals surface area contributed by atoms with E-state index in [9.17, 15) is 4.79 Å². The number of esters is 1. The number of hydrogen-bond donors (Lipinski definition) is 0. The molecule has 0 saturated carbocycles. The highest BCUT2D eigenvalue weighted by atomic mass is 79.9. The minimum atomic E-state index is -0.365. The Morgan fingerprint density at radius 3 is 2.71 bits per heavy atom. The quantitative estimate of drug-likeness (QED) is 0.636. The minimum Gasteiger partial charge on any atom is -0.465 e. The van der Waals surface area contributed by atoms with E-state index in [2.05, 4.69) is 15.9 Å². The highest BCUT2D eigenvalue weighted by Gasteiger charge is 2.23. The maximum absolute atomic E-state index is 11.7. The number of hydrogen-bond acceptors (Lipinski definition) is 4. The Hall–Kier alpha value is -1.23. The third-order valence-electron chi connectivity index (χ3n) is 2.65. The molecule has 5 heteroatoms. The lowest BCUT2D eigenvalue weighted by Crippen LogP contribution is -2.06. The largest absolute Gasteiger partial charge is 0.465 e. The van der Waals surface area contributed by atoms with Crippen LogP contribution in [-0.2, 0) is 4.74 Å². The van der Waals surface area contributed by atoms with Crippen LogP contribution in [0.25, 0.3) is 0 Å². The normalized spacial score (nSPS) is 14.5. The molecule has 0 fully saturated rings. The number of halogens is 1. The number of alkyl halides is 1. The minimum absolute atomic E-state index is 0.0890. The molecule has 0 saturated heterocycles.